The Kier molecular flexibility index (Phi) is 1.26. The fraction of sp³-hybridized carbons (Fsp3) is 1.00. The molecular formula is C8H15N. The van der Waals surface area contributed by atoms with Crippen molar-refractivity contribution in [1.29, 1.82) is 0 Å². The van der Waals surface area contributed by atoms with Crippen LogP contribution in [-0.4, -0.2) is 24.0 Å². The molecule has 2 unspecified atom stereocenters. The standard InChI is InChI=1S/C8H15N/c1-2-5-9-6-7-3-4-8(7)9/h7-8H,2-6H2,1H3. The molecule has 2 fully saturated rings. The molecule has 1 nitrogen and oxygen atoms in total. The van der Waals surface area contributed by atoms with Gasteiger partial charge in [-0.15, -0.1) is 0 Å². The van der Waals surface area contributed by atoms with Crippen LogP contribution in [0.4, 0.5) is 0 Å². The summed E-state index contributed by atoms with van der Waals surface area (Å²) in [5.41, 5.74) is 0. The minimum atomic E-state index is 1.03. The van der Waals surface area contributed by atoms with E-state index >= 15 is 0 Å². The van der Waals surface area contributed by atoms with Crippen molar-refractivity contribution < 1.29 is 0 Å². The Morgan fingerprint density at radius 1 is 1.44 bits per heavy atom. The highest BCUT2D eigenvalue weighted by Gasteiger charge is 2.44. The lowest BCUT2D eigenvalue weighted by molar-refractivity contribution is -0.0579. The smallest absolute Gasteiger partial charge is 0.0136 e. The van der Waals surface area contributed by atoms with Gasteiger partial charge in [0.1, 0.15) is 0 Å². The Morgan fingerprint density at radius 3 is 2.67 bits per heavy atom. The van der Waals surface area contributed by atoms with E-state index < -0.39 is 0 Å². The molecule has 1 saturated heterocycles. The molecule has 2 atom stereocenters. The summed E-state index contributed by atoms with van der Waals surface area (Å²) in [5.74, 6) is 1.12. The van der Waals surface area contributed by atoms with E-state index in [4.69, 9.17) is 0 Å². The van der Waals surface area contributed by atoms with E-state index in [9.17, 15) is 0 Å². The number of hydrogen-bond donors (Lipinski definition) is 0. The maximum Gasteiger partial charge on any atom is 0.0136 e. The fourth-order valence-electron chi connectivity index (χ4n) is 2.09. The van der Waals surface area contributed by atoms with E-state index in [1.54, 1.807) is 0 Å². The molecule has 9 heavy (non-hydrogen) atoms. The molecular weight excluding hydrogens is 110 g/mol. The molecule has 1 aliphatic carbocycles. The number of likely N-dealkylation sites (tertiary alicyclic amines) is 1. The Labute approximate surface area is 57.0 Å². The molecule has 0 aromatic carbocycles. The maximum atomic E-state index is 2.63. The quantitative estimate of drug-likeness (QED) is 0.540. The van der Waals surface area contributed by atoms with Gasteiger partial charge in [0, 0.05) is 12.6 Å². The molecule has 0 radical (unpaired) electrons. The van der Waals surface area contributed by atoms with Gasteiger partial charge in [-0.2, -0.15) is 0 Å². The molecule has 0 amide bonds. The van der Waals surface area contributed by atoms with Crippen molar-refractivity contribution in [3.8, 4) is 0 Å². The molecule has 52 valence electrons. The van der Waals surface area contributed by atoms with Crippen LogP contribution in [0.25, 0.3) is 0 Å². The third kappa shape index (κ3) is 0.710. The normalized spacial score (nSPS) is 41.0. The average molecular weight is 125 g/mol. The summed E-state index contributed by atoms with van der Waals surface area (Å²) < 4.78 is 0. The van der Waals surface area contributed by atoms with E-state index in [1.165, 1.54) is 32.4 Å². The van der Waals surface area contributed by atoms with E-state index in [0.29, 0.717) is 0 Å². The second kappa shape index (κ2) is 1.98. The molecule has 2 rings (SSSR count). The van der Waals surface area contributed by atoms with Gasteiger partial charge in [0.25, 0.3) is 0 Å². The van der Waals surface area contributed by atoms with Gasteiger partial charge in [0.05, 0.1) is 0 Å². The van der Waals surface area contributed by atoms with Crippen LogP contribution in [0.2, 0.25) is 0 Å². The molecule has 0 spiro atoms. The van der Waals surface area contributed by atoms with Gasteiger partial charge < -0.3 is 0 Å². The zero-order valence-corrected chi connectivity index (χ0v) is 6.14. The first-order valence-corrected chi connectivity index (χ1v) is 4.16. The molecule has 1 aliphatic heterocycles. The van der Waals surface area contributed by atoms with Crippen molar-refractivity contribution in [1.82, 2.24) is 4.90 Å². The van der Waals surface area contributed by atoms with Crippen molar-refractivity contribution >= 4 is 0 Å². The topological polar surface area (TPSA) is 3.24 Å². The summed E-state index contributed by atoms with van der Waals surface area (Å²) in [7, 11) is 0. The highest BCUT2D eigenvalue weighted by Crippen LogP contribution is 2.41. The highest BCUT2D eigenvalue weighted by molar-refractivity contribution is 4.99. The molecule has 0 N–H and O–H groups in total. The predicted molar refractivity (Wildman–Crippen MR) is 38.4 cm³/mol. The number of rotatable bonds is 2. The monoisotopic (exact) mass is 125 g/mol. The van der Waals surface area contributed by atoms with Crippen molar-refractivity contribution in [2.24, 2.45) is 5.92 Å². The van der Waals surface area contributed by atoms with Gasteiger partial charge in [-0.25, -0.2) is 0 Å². The van der Waals surface area contributed by atoms with Crippen molar-refractivity contribution in [3.63, 3.8) is 0 Å². The van der Waals surface area contributed by atoms with Gasteiger partial charge in [0.2, 0.25) is 0 Å². The molecule has 1 heteroatoms. The second-order valence-electron chi connectivity index (χ2n) is 3.40. The SMILES string of the molecule is CCCN1CC2CCC21. The van der Waals surface area contributed by atoms with Crippen molar-refractivity contribution in [3.05, 3.63) is 0 Å². The van der Waals surface area contributed by atoms with Crippen LogP contribution in [0.1, 0.15) is 26.2 Å². The Bertz CT molecular complexity index is 109. The number of nitrogens with zero attached hydrogens (tertiary/aromatic N) is 1. The van der Waals surface area contributed by atoms with Crippen LogP contribution < -0.4 is 0 Å². The van der Waals surface area contributed by atoms with Crippen LogP contribution in [0.5, 0.6) is 0 Å². The Balaban J connectivity index is 1.77. The van der Waals surface area contributed by atoms with E-state index in [1.807, 2.05) is 0 Å². The summed E-state index contributed by atoms with van der Waals surface area (Å²) in [6.07, 6.45) is 4.35. The van der Waals surface area contributed by atoms with E-state index in [0.717, 1.165) is 12.0 Å². The molecule has 2 aliphatic rings. The summed E-state index contributed by atoms with van der Waals surface area (Å²) in [4.78, 5) is 2.63. The second-order valence-corrected chi connectivity index (χ2v) is 3.40. The van der Waals surface area contributed by atoms with Crippen LogP contribution in [0.15, 0.2) is 0 Å². The Morgan fingerprint density at radius 2 is 2.33 bits per heavy atom. The summed E-state index contributed by atoms with van der Waals surface area (Å²) >= 11 is 0. The number of piperidine rings is 1. The van der Waals surface area contributed by atoms with Crippen LogP contribution >= 0.6 is 0 Å². The van der Waals surface area contributed by atoms with Gasteiger partial charge in [-0.05, 0) is 31.7 Å². The first kappa shape index (κ1) is 5.72. The lowest BCUT2D eigenvalue weighted by Gasteiger charge is -2.55. The zero-order valence-electron chi connectivity index (χ0n) is 6.14. The summed E-state index contributed by atoms with van der Waals surface area (Å²) in [6, 6.07) is 1.03. The van der Waals surface area contributed by atoms with Crippen molar-refractivity contribution in [2.75, 3.05) is 13.1 Å². The predicted octanol–water partition coefficient (Wildman–Crippen LogP) is 1.49. The average Bonchev–Trinajstić information content (AvgIpc) is 1.82. The van der Waals surface area contributed by atoms with Crippen LogP contribution in [0, 0.1) is 5.92 Å². The van der Waals surface area contributed by atoms with Gasteiger partial charge >= 0.3 is 0 Å². The summed E-state index contributed by atoms with van der Waals surface area (Å²) in [6.45, 7) is 5.03. The molecule has 1 saturated carbocycles. The molecule has 0 bridgehead atoms. The zero-order chi connectivity index (χ0) is 6.27. The lowest BCUT2D eigenvalue weighted by atomic mass is 9.71. The molecule has 0 aromatic rings. The first-order chi connectivity index (χ1) is 4.42. The van der Waals surface area contributed by atoms with Gasteiger partial charge in [-0.1, -0.05) is 6.92 Å². The summed E-state index contributed by atoms with van der Waals surface area (Å²) in [5, 5.41) is 0. The van der Waals surface area contributed by atoms with E-state index in [-0.39, 0.29) is 0 Å². The van der Waals surface area contributed by atoms with Crippen LogP contribution in [-0.2, 0) is 0 Å². The van der Waals surface area contributed by atoms with Crippen LogP contribution in [0.3, 0.4) is 0 Å². The highest BCUT2D eigenvalue weighted by atomic mass is 15.2. The Hall–Kier alpha value is -0.0400. The molecule has 0 aromatic heterocycles. The minimum Gasteiger partial charge on any atom is -0.300 e. The third-order valence-corrected chi connectivity index (χ3v) is 2.83. The lowest BCUT2D eigenvalue weighted by Crippen LogP contribution is -2.61. The molecule has 1 heterocycles. The largest absolute Gasteiger partial charge is 0.300 e. The third-order valence-electron chi connectivity index (χ3n) is 2.83. The van der Waals surface area contributed by atoms with Gasteiger partial charge in [-0.3, -0.25) is 4.90 Å². The van der Waals surface area contributed by atoms with Gasteiger partial charge in [0.15, 0.2) is 0 Å². The number of fused-ring (bicyclic) bond motifs is 1. The fourth-order valence-corrected chi connectivity index (χ4v) is 2.09. The number of hydrogen-bond acceptors (Lipinski definition) is 1. The minimum absolute atomic E-state index is 1.03. The first-order valence-electron chi connectivity index (χ1n) is 4.16. The van der Waals surface area contributed by atoms with E-state index in [2.05, 4.69) is 11.8 Å². The van der Waals surface area contributed by atoms with Crippen molar-refractivity contribution in [2.45, 2.75) is 32.2 Å². The maximum absolute atomic E-state index is 2.63.